The first kappa shape index (κ1) is 28.3. The molecule has 12 nitrogen and oxygen atoms in total. The van der Waals surface area contributed by atoms with Crippen molar-refractivity contribution in [3.05, 3.63) is 60.7 Å². The summed E-state index contributed by atoms with van der Waals surface area (Å²) in [5.74, 6) is 2.35. The van der Waals surface area contributed by atoms with E-state index < -0.39 is 0 Å². The second-order valence-corrected chi connectivity index (χ2v) is 9.63. The Balaban J connectivity index is 1.30. The highest BCUT2D eigenvalue weighted by atomic mass is 16.5. The summed E-state index contributed by atoms with van der Waals surface area (Å²) < 4.78 is 5.88. The van der Waals surface area contributed by atoms with Gasteiger partial charge in [-0.1, -0.05) is 36.4 Å². The van der Waals surface area contributed by atoms with Gasteiger partial charge in [0.15, 0.2) is 0 Å². The van der Waals surface area contributed by atoms with Crippen molar-refractivity contribution < 1.29 is 4.74 Å². The average Bonchev–Trinajstić information content (AvgIpc) is 2.91. The molecule has 5 N–H and O–H groups in total. The summed E-state index contributed by atoms with van der Waals surface area (Å²) >= 11 is 0. The molecule has 0 fully saturated rings. The Morgan fingerprint density at radius 3 is 1.62 bits per heavy atom. The highest BCUT2D eigenvalue weighted by Gasteiger charge is 2.10. The van der Waals surface area contributed by atoms with Gasteiger partial charge in [-0.05, 0) is 64.8 Å². The molecule has 0 spiro atoms. The Morgan fingerprint density at radius 2 is 1.05 bits per heavy atom. The first-order valence-electron chi connectivity index (χ1n) is 13.5. The van der Waals surface area contributed by atoms with Crippen molar-refractivity contribution >= 4 is 41.1 Å². The van der Waals surface area contributed by atoms with Crippen LogP contribution < -0.4 is 31.3 Å². The second-order valence-electron chi connectivity index (χ2n) is 9.63. The van der Waals surface area contributed by atoms with E-state index in [0.717, 1.165) is 24.2 Å². The second kappa shape index (κ2) is 14.4. The zero-order valence-electron chi connectivity index (χ0n) is 23.3. The maximum absolute atomic E-state index is 5.88. The predicted octanol–water partition coefficient (Wildman–Crippen LogP) is 5.46. The van der Waals surface area contributed by atoms with Gasteiger partial charge in [-0.15, -0.1) is 0 Å². The minimum Gasteiger partial charge on any atom is -0.463 e. The molecule has 4 rings (SSSR count). The van der Waals surface area contributed by atoms with Gasteiger partial charge in [0, 0.05) is 30.0 Å². The molecule has 210 valence electrons. The number of nitrogens with zero attached hydrogens (tertiary/aromatic N) is 6. The van der Waals surface area contributed by atoms with Gasteiger partial charge in [-0.25, -0.2) is 0 Å². The molecule has 0 aliphatic carbocycles. The van der Waals surface area contributed by atoms with Crippen molar-refractivity contribution in [2.24, 2.45) is 0 Å². The largest absolute Gasteiger partial charge is 0.463 e. The van der Waals surface area contributed by atoms with Crippen LogP contribution in [-0.4, -0.2) is 55.1 Å². The van der Waals surface area contributed by atoms with E-state index in [1.807, 2.05) is 88.4 Å². The first-order valence-corrected chi connectivity index (χ1v) is 13.5. The van der Waals surface area contributed by atoms with Crippen molar-refractivity contribution in [3.63, 3.8) is 0 Å². The molecule has 0 saturated carbocycles. The molecular weight excluding hydrogens is 506 g/mol. The lowest BCUT2D eigenvalue weighted by atomic mass is 10.3. The number of hydrogen-bond acceptors (Lipinski definition) is 12. The van der Waals surface area contributed by atoms with Crippen LogP contribution in [0.1, 0.15) is 40.5 Å². The summed E-state index contributed by atoms with van der Waals surface area (Å²) in [4.78, 5) is 26.8. The molecule has 0 saturated heterocycles. The lowest BCUT2D eigenvalue weighted by Gasteiger charge is -2.13. The standard InChI is InChI=1S/C28H37N11O/c1-19(2)30-24-34-23(35-26(36-24)32-21-13-7-5-8-14-21)29-17-11-12-18-40-28-38-25(31-20(3)4)37-27(39-28)33-22-15-9-6-10-16-22/h5-10,13-16,19-20H,11-12,17-18H2,1-4H3,(H2,31,33,37,38,39)(H3,29,30,32,34,35,36). The smallest absolute Gasteiger partial charge is 0.323 e. The third kappa shape index (κ3) is 9.53. The van der Waals surface area contributed by atoms with Gasteiger partial charge >= 0.3 is 6.01 Å². The summed E-state index contributed by atoms with van der Waals surface area (Å²) in [5, 5.41) is 16.2. The zero-order chi connectivity index (χ0) is 28.2. The van der Waals surface area contributed by atoms with Gasteiger partial charge in [0.1, 0.15) is 0 Å². The van der Waals surface area contributed by atoms with Crippen LogP contribution >= 0.6 is 0 Å². The molecule has 0 radical (unpaired) electrons. The highest BCUT2D eigenvalue weighted by molar-refractivity contribution is 5.56. The monoisotopic (exact) mass is 543 g/mol. The van der Waals surface area contributed by atoms with E-state index in [1.165, 1.54) is 0 Å². The third-order valence-electron chi connectivity index (χ3n) is 5.23. The zero-order valence-corrected chi connectivity index (χ0v) is 23.3. The van der Waals surface area contributed by atoms with Crippen molar-refractivity contribution in [1.29, 1.82) is 0 Å². The molecule has 0 amide bonds. The molecule has 12 heteroatoms. The van der Waals surface area contributed by atoms with Crippen molar-refractivity contribution in [3.8, 4) is 6.01 Å². The molecular formula is C28H37N11O. The fourth-order valence-corrected chi connectivity index (χ4v) is 3.53. The van der Waals surface area contributed by atoms with Crippen molar-refractivity contribution in [2.45, 2.75) is 52.6 Å². The molecule has 2 aromatic carbocycles. The average molecular weight is 544 g/mol. The van der Waals surface area contributed by atoms with Crippen LogP contribution in [0.5, 0.6) is 6.01 Å². The number of rotatable bonds is 15. The Hall–Kier alpha value is -4.74. The normalized spacial score (nSPS) is 10.8. The number of aromatic nitrogens is 6. The van der Waals surface area contributed by atoms with Crippen LogP contribution in [0.3, 0.4) is 0 Å². The topological polar surface area (TPSA) is 147 Å². The number of para-hydroxylation sites is 2. The Bertz CT molecular complexity index is 1220. The van der Waals surface area contributed by atoms with Crippen LogP contribution in [0.15, 0.2) is 60.7 Å². The minimum absolute atomic E-state index is 0.168. The number of hydrogen-bond donors (Lipinski definition) is 5. The Labute approximate surface area is 234 Å². The molecule has 2 aromatic heterocycles. The number of anilines is 7. The fourth-order valence-electron chi connectivity index (χ4n) is 3.53. The summed E-state index contributed by atoms with van der Waals surface area (Å²) in [6.07, 6.45) is 1.61. The SMILES string of the molecule is CC(C)Nc1nc(NCCCCOc2nc(Nc3ccccc3)nc(NC(C)C)n2)nc(Nc2ccccc2)n1. The maximum Gasteiger partial charge on any atom is 0.323 e. The van der Waals surface area contributed by atoms with Gasteiger partial charge in [-0.3, -0.25) is 0 Å². The molecule has 4 aromatic rings. The van der Waals surface area contributed by atoms with Crippen molar-refractivity contribution in [1.82, 2.24) is 29.9 Å². The van der Waals surface area contributed by atoms with Crippen LogP contribution in [0.2, 0.25) is 0 Å². The third-order valence-corrected chi connectivity index (χ3v) is 5.23. The van der Waals surface area contributed by atoms with E-state index in [9.17, 15) is 0 Å². The van der Waals surface area contributed by atoms with E-state index in [-0.39, 0.29) is 18.1 Å². The van der Waals surface area contributed by atoms with Gasteiger partial charge in [0.25, 0.3) is 0 Å². The van der Waals surface area contributed by atoms with Crippen LogP contribution in [0.25, 0.3) is 0 Å². The molecule has 0 aliphatic rings. The van der Waals surface area contributed by atoms with E-state index >= 15 is 0 Å². The molecule has 2 heterocycles. The molecule has 40 heavy (non-hydrogen) atoms. The minimum atomic E-state index is 0.168. The maximum atomic E-state index is 5.88. The van der Waals surface area contributed by atoms with Gasteiger partial charge in [-0.2, -0.15) is 29.9 Å². The van der Waals surface area contributed by atoms with E-state index in [0.29, 0.717) is 42.9 Å². The van der Waals surface area contributed by atoms with Crippen LogP contribution in [0, 0.1) is 0 Å². The lowest BCUT2D eigenvalue weighted by molar-refractivity contribution is 0.284. The molecule has 0 atom stereocenters. The van der Waals surface area contributed by atoms with Crippen molar-refractivity contribution in [2.75, 3.05) is 39.7 Å². The van der Waals surface area contributed by atoms with Gasteiger partial charge in [0.2, 0.25) is 29.7 Å². The van der Waals surface area contributed by atoms with Crippen LogP contribution in [0.4, 0.5) is 41.1 Å². The van der Waals surface area contributed by atoms with Crippen LogP contribution in [-0.2, 0) is 0 Å². The molecule has 0 aliphatic heterocycles. The van der Waals surface area contributed by atoms with E-state index in [2.05, 4.69) is 56.5 Å². The predicted molar refractivity (Wildman–Crippen MR) is 160 cm³/mol. The summed E-state index contributed by atoms with van der Waals surface area (Å²) in [6, 6.07) is 20.2. The summed E-state index contributed by atoms with van der Waals surface area (Å²) in [5.41, 5.74) is 1.79. The highest BCUT2D eigenvalue weighted by Crippen LogP contribution is 2.18. The van der Waals surface area contributed by atoms with Gasteiger partial charge in [0.05, 0.1) is 6.61 Å². The summed E-state index contributed by atoms with van der Waals surface area (Å²) in [7, 11) is 0. The Kier molecular flexibility index (Phi) is 10.2. The van der Waals surface area contributed by atoms with Gasteiger partial charge < -0.3 is 31.3 Å². The quantitative estimate of drug-likeness (QED) is 0.121. The van der Waals surface area contributed by atoms with E-state index in [1.54, 1.807) is 0 Å². The fraction of sp³-hybridized carbons (Fsp3) is 0.357. The number of ether oxygens (including phenoxy) is 1. The molecule has 0 unspecified atom stereocenters. The summed E-state index contributed by atoms with van der Waals surface area (Å²) in [6.45, 7) is 9.24. The lowest BCUT2D eigenvalue weighted by Crippen LogP contribution is -2.16. The Morgan fingerprint density at radius 1 is 0.575 bits per heavy atom. The first-order chi connectivity index (χ1) is 19.4. The number of unbranched alkanes of at least 4 members (excludes halogenated alkanes) is 1. The molecule has 0 bridgehead atoms. The van der Waals surface area contributed by atoms with E-state index in [4.69, 9.17) is 4.74 Å². The number of nitrogens with one attached hydrogen (secondary N) is 5. The number of benzene rings is 2.